The zero-order valence-corrected chi connectivity index (χ0v) is 20.6. The summed E-state index contributed by atoms with van der Waals surface area (Å²) in [7, 11) is 0. The largest absolute Gasteiger partial charge is 0.393 e. The van der Waals surface area contributed by atoms with E-state index in [4.69, 9.17) is 0 Å². The molecule has 1 N–H and O–H groups in total. The summed E-state index contributed by atoms with van der Waals surface area (Å²) in [4.78, 5) is 11.8. The molecule has 2 fully saturated rings. The smallest absolute Gasteiger partial charge is 0.382 e. The van der Waals surface area contributed by atoms with E-state index in [1.54, 1.807) is 6.07 Å². The number of thiophene rings is 1. The minimum atomic E-state index is -4.23. The number of rotatable bonds is 5. The van der Waals surface area contributed by atoms with Gasteiger partial charge in [0.25, 0.3) is 0 Å². The highest BCUT2D eigenvalue weighted by atomic mass is 32.1. The molecule has 2 aliphatic rings. The normalized spacial score (nSPS) is 22.7. The lowest BCUT2D eigenvalue weighted by Crippen LogP contribution is -2.27. The molecule has 1 saturated carbocycles. The van der Waals surface area contributed by atoms with Crippen LogP contribution in [0.25, 0.3) is 10.2 Å². The molecule has 2 unspecified atom stereocenters. The summed E-state index contributed by atoms with van der Waals surface area (Å²) in [5, 5.41) is 13.7. The second kappa shape index (κ2) is 8.66. The monoisotopic (exact) mass is 499 g/mol. The molecule has 2 aromatic heterocycles. The fraction of sp³-hybridized carbons (Fsp3) is 0.500. The van der Waals surface area contributed by atoms with Gasteiger partial charge in [-0.2, -0.15) is 18.4 Å². The third-order valence-electron chi connectivity index (χ3n) is 7.43. The van der Waals surface area contributed by atoms with Crippen LogP contribution in [-0.4, -0.2) is 35.3 Å². The molecule has 0 amide bonds. The molecule has 2 atom stereocenters. The Bertz CT molecular complexity index is 1260. The lowest BCUT2D eigenvalue weighted by Gasteiger charge is -2.25. The van der Waals surface area contributed by atoms with Gasteiger partial charge in [0.05, 0.1) is 23.3 Å². The fourth-order valence-corrected chi connectivity index (χ4v) is 6.55. The highest BCUT2D eigenvalue weighted by Gasteiger charge is 2.44. The van der Waals surface area contributed by atoms with Crippen molar-refractivity contribution >= 4 is 33.1 Å². The number of hydrogen-bond acceptors (Lipinski definition) is 6. The van der Waals surface area contributed by atoms with Crippen molar-refractivity contribution in [2.75, 3.05) is 23.3 Å². The first-order chi connectivity index (χ1) is 16.6. The van der Waals surface area contributed by atoms with Gasteiger partial charge in [0.2, 0.25) is 0 Å². The Kier molecular flexibility index (Phi) is 5.91. The number of nitriles is 1. The van der Waals surface area contributed by atoms with Crippen LogP contribution in [-0.2, 0) is 11.8 Å². The molecule has 1 spiro atoms. The molecule has 1 aliphatic heterocycles. The molecule has 3 aromatic rings. The Morgan fingerprint density at radius 1 is 1.20 bits per heavy atom. The first kappa shape index (κ1) is 23.9. The first-order valence-electron chi connectivity index (χ1n) is 11.9. The summed E-state index contributed by atoms with van der Waals surface area (Å²) in [6.45, 7) is 5.54. The van der Waals surface area contributed by atoms with Crippen LogP contribution in [0.15, 0.2) is 36.7 Å². The van der Waals surface area contributed by atoms with Gasteiger partial charge < -0.3 is 10.2 Å². The summed E-state index contributed by atoms with van der Waals surface area (Å²) >= 11 is 1.10. The number of nitrogens with one attached hydrogen (secondary N) is 1. The second-order valence-electron chi connectivity index (χ2n) is 10.5. The third-order valence-corrected chi connectivity index (χ3v) is 8.47. The summed E-state index contributed by atoms with van der Waals surface area (Å²) in [5.74, 6) is 0.753. The molecule has 35 heavy (non-hydrogen) atoms. The van der Waals surface area contributed by atoms with Crippen molar-refractivity contribution in [1.82, 2.24) is 9.97 Å². The average molecular weight is 500 g/mol. The number of halogens is 3. The zero-order chi connectivity index (χ0) is 24.8. The van der Waals surface area contributed by atoms with E-state index >= 15 is 0 Å². The van der Waals surface area contributed by atoms with Gasteiger partial charge in [-0.1, -0.05) is 12.1 Å². The Balaban J connectivity index is 1.26. The summed E-state index contributed by atoms with van der Waals surface area (Å²) in [6.07, 6.45) is 0.582. The summed E-state index contributed by atoms with van der Waals surface area (Å²) in [6, 6.07) is 12.5. The average Bonchev–Trinajstić information content (AvgIpc) is 3.51. The maximum absolute atomic E-state index is 12.9. The Hall–Kier alpha value is -2.86. The molecule has 3 heterocycles. The lowest BCUT2D eigenvalue weighted by molar-refractivity contribution is -0.126. The molecule has 5 nitrogen and oxygen atoms in total. The molecule has 0 radical (unpaired) electrons. The van der Waals surface area contributed by atoms with Gasteiger partial charge in [-0.3, -0.25) is 0 Å². The van der Waals surface area contributed by atoms with E-state index in [1.807, 2.05) is 38.1 Å². The number of nitrogens with zero attached hydrogens (tertiary/aromatic N) is 4. The minimum absolute atomic E-state index is 0.183. The van der Waals surface area contributed by atoms with Crippen molar-refractivity contribution in [2.24, 2.45) is 5.41 Å². The number of benzene rings is 1. The van der Waals surface area contributed by atoms with Crippen LogP contribution in [0.2, 0.25) is 0 Å². The third kappa shape index (κ3) is 4.94. The molecular formula is C26H28F3N5S. The van der Waals surface area contributed by atoms with Crippen LogP contribution in [0.1, 0.15) is 50.0 Å². The van der Waals surface area contributed by atoms with Crippen LogP contribution in [0.5, 0.6) is 0 Å². The number of hydrogen-bond donors (Lipinski definition) is 1. The van der Waals surface area contributed by atoms with Gasteiger partial charge in [-0.25, -0.2) is 9.97 Å². The fourth-order valence-electron chi connectivity index (χ4n) is 5.53. The van der Waals surface area contributed by atoms with Crippen LogP contribution >= 0.6 is 11.3 Å². The molecule has 9 heteroatoms. The molecule has 1 aliphatic carbocycles. The van der Waals surface area contributed by atoms with Crippen molar-refractivity contribution in [2.45, 2.75) is 63.6 Å². The van der Waals surface area contributed by atoms with Crippen LogP contribution in [0, 0.1) is 16.7 Å². The standard InChI is InChI=1S/C26H28F3N5S/c1-24(2,14-30)17-3-5-18(6-4-17)33-19-7-8-25(12-19)9-10-34(15-25)22-21-11-20(13-26(27,28)29)35-23(21)32-16-31-22/h3-6,11,16,19,33H,7-10,12-13,15H2,1-2H3. The summed E-state index contributed by atoms with van der Waals surface area (Å²) in [5.41, 5.74) is 1.74. The highest BCUT2D eigenvalue weighted by molar-refractivity contribution is 7.18. The molecule has 184 valence electrons. The van der Waals surface area contributed by atoms with Gasteiger partial charge in [0.1, 0.15) is 17.0 Å². The van der Waals surface area contributed by atoms with E-state index in [0.29, 0.717) is 10.9 Å². The highest BCUT2D eigenvalue weighted by Crippen LogP contribution is 2.48. The van der Waals surface area contributed by atoms with Crippen LogP contribution < -0.4 is 10.2 Å². The number of anilines is 2. The molecule has 0 bridgehead atoms. The number of aromatic nitrogens is 2. The van der Waals surface area contributed by atoms with Gasteiger partial charge in [0.15, 0.2) is 0 Å². The van der Waals surface area contributed by atoms with E-state index in [1.165, 1.54) is 6.33 Å². The second-order valence-corrected chi connectivity index (χ2v) is 11.6. The Morgan fingerprint density at radius 2 is 1.97 bits per heavy atom. The molecule has 5 rings (SSSR count). The first-order valence-corrected chi connectivity index (χ1v) is 12.7. The zero-order valence-electron chi connectivity index (χ0n) is 19.8. The number of alkyl halides is 3. The molecule has 1 aromatic carbocycles. The van der Waals surface area contributed by atoms with Crippen molar-refractivity contribution < 1.29 is 13.2 Å². The van der Waals surface area contributed by atoms with Gasteiger partial charge >= 0.3 is 6.18 Å². The van der Waals surface area contributed by atoms with Crippen molar-refractivity contribution in [3.8, 4) is 6.07 Å². The Labute approximate surface area is 207 Å². The van der Waals surface area contributed by atoms with E-state index < -0.39 is 18.0 Å². The SMILES string of the molecule is CC(C)(C#N)c1ccc(NC2CCC3(CCN(c4ncnc5sc(CC(F)(F)F)cc45)C3)C2)cc1. The van der Waals surface area contributed by atoms with Crippen molar-refractivity contribution in [3.63, 3.8) is 0 Å². The lowest BCUT2D eigenvalue weighted by atomic mass is 9.85. The quantitative estimate of drug-likeness (QED) is 0.437. The van der Waals surface area contributed by atoms with E-state index in [0.717, 1.165) is 72.6 Å². The van der Waals surface area contributed by atoms with Gasteiger partial charge in [-0.15, -0.1) is 11.3 Å². The van der Waals surface area contributed by atoms with Crippen molar-refractivity contribution in [1.29, 1.82) is 5.26 Å². The number of fused-ring (bicyclic) bond motifs is 1. The van der Waals surface area contributed by atoms with Crippen LogP contribution in [0.4, 0.5) is 24.7 Å². The van der Waals surface area contributed by atoms with Crippen LogP contribution in [0.3, 0.4) is 0 Å². The summed E-state index contributed by atoms with van der Waals surface area (Å²) < 4.78 is 38.7. The van der Waals surface area contributed by atoms with E-state index in [2.05, 4.69) is 26.3 Å². The molecular weight excluding hydrogens is 471 g/mol. The van der Waals surface area contributed by atoms with E-state index in [9.17, 15) is 18.4 Å². The maximum atomic E-state index is 12.9. The Morgan fingerprint density at radius 3 is 2.69 bits per heavy atom. The van der Waals surface area contributed by atoms with Gasteiger partial charge in [0, 0.05) is 29.7 Å². The van der Waals surface area contributed by atoms with Gasteiger partial charge in [-0.05, 0) is 68.7 Å². The van der Waals surface area contributed by atoms with E-state index in [-0.39, 0.29) is 10.3 Å². The predicted octanol–water partition coefficient (Wildman–Crippen LogP) is 6.46. The maximum Gasteiger partial charge on any atom is 0.393 e. The van der Waals surface area contributed by atoms with Crippen molar-refractivity contribution in [3.05, 3.63) is 47.1 Å². The predicted molar refractivity (Wildman–Crippen MR) is 133 cm³/mol. The molecule has 1 saturated heterocycles. The topological polar surface area (TPSA) is 64.8 Å². The minimum Gasteiger partial charge on any atom is -0.382 e.